The first-order valence-electron chi connectivity index (χ1n) is 23.9. The second-order valence-corrected chi connectivity index (χ2v) is 19.2. The summed E-state index contributed by atoms with van der Waals surface area (Å²) >= 11 is 1.74. The van der Waals surface area contributed by atoms with Crippen LogP contribution in [0.25, 0.3) is 142 Å². The minimum Gasteiger partial charge on any atom is -0.277 e. The maximum absolute atomic E-state index is 5.56. The van der Waals surface area contributed by atoms with E-state index < -0.39 is 0 Å². The molecule has 10 aromatic carbocycles. The Morgan fingerprint density at radius 1 is 0.324 bits per heavy atom. The van der Waals surface area contributed by atoms with E-state index in [1.165, 1.54) is 0 Å². The van der Waals surface area contributed by atoms with Crippen molar-refractivity contribution in [1.82, 2.24) is 29.1 Å². The van der Waals surface area contributed by atoms with Crippen LogP contribution >= 0.6 is 11.3 Å². The van der Waals surface area contributed by atoms with Crippen molar-refractivity contribution in [3.05, 3.63) is 231 Å². The van der Waals surface area contributed by atoms with Crippen LogP contribution in [0.15, 0.2) is 231 Å². The van der Waals surface area contributed by atoms with Gasteiger partial charge in [-0.25, -0.2) is 19.9 Å². The van der Waals surface area contributed by atoms with Gasteiger partial charge in [-0.05, 0) is 57.6 Å². The van der Waals surface area contributed by atoms with Crippen molar-refractivity contribution in [2.75, 3.05) is 0 Å². The van der Waals surface area contributed by atoms with Crippen LogP contribution in [0.1, 0.15) is 0 Å². The summed E-state index contributed by atoms with van der Waals surface area (Å²) in [7, 11) is 0. The van der Waals surface area contributed by atoms with Crippen LogP contribution in [0.4, 0.5) is 0 Å². The predicted octanol–water partition coefficient (Wildman–Crippen LogP) is 16.8. The summed E-state index contributed by atoms with van der Waals surface area (Å²) in [5, 5.41) is 10.2. The standard InChI is InChI=1S/C64H38N6S/c1-4-19-41(20-5-1)56-38-53-62(71-56)59(43-23-8-3-9-24-43)68-64(66-53)70-55-36-33-44(37-51(55)50-34-31-40-18-11-13-26-46(40)60(50)70)47-28-16-29-49-48-27-14-15-30-54(48)69(61(47)49)63-65-52-35-32-39-17-10-12-25-45(39)57(52)58(67-63)42-21-6-2-7-22-42/h1-38H. The lowest BCUT2D eigenvalue weighted by Gasteiger charge is -2.15. The molecule has 7 heteroatoms. The van der Waals surface area contributed by atoms with Gasteiger partial charge in [0.2, 0.25) is 11.9 Å². The molecule has 5 heterocycles. The van der Waals surface area contributed by atoms with Crippen molar-refractivity contribution in [2.45, 2.75) is 0 Å². The summed E-state index contributed by atoms with van der Waals surface area (Å²) in [5.74, 6) is 1.26. The molecule has 330 valence electrons. The monoisotopic (exact) mass is 922 g/mol. The zero-order valence-corrected chi connectivity index (χ0v) is 38.8. The Morgan fingerprint density at radius 2 is 0.887 bits per heavy atom. The Balaban J connectivity index is 0.997. The Hall–Kier alpha value is -9.30. The fourth-order valence-electron chi connectivity index (χ4n) is 11.0. The van der Waals surface area contributed by atoms with Gasteiger partial charge in [0.1, 0.15) is 0 Å². The molecule has 0 unspecified atom stereocenters. The molecule has 0 N–H and O–H groups in total. The Morgan fingerprint density at radius 3 is 1.66 bits per heavy atom. The highest BCUT2D eigenvalue weighted by Crippen LogP contribution is 2.44. The van der Waals surface area contributed by atoms with Gasteiger partial charge in [-0.3, -0.25) is 9.13 Å². The number of rotatable bonds is 6. The third-order valence-electron chi connectivity index (χ3n) is 14.1. The topological polar surface area (TPSA) is 61.4 Å². The molecular formula is C64H38N6S. The van der Waals surface area contributed by atoms with Crippen molar-refractivity contribution < 1.29 is 0 Å². The summed E-state index contributed by atoms with van der Waals surface area (Å²) in [6.45, 7) is 0. The van der Waals surface area contributed by atoms with E-state index in [1.54, 1.807) is 11.3 Å². The second kappa shape index (κ2) is 15.6. The van der Waals surface area contributed by atoms with E-state index >= 15 is 0 Å². The molecule has 0 bridgehead atoms. The lowest BCUT2D eigenvalue weighted by atomic mass is 9.99. The average Bonchev–Trinajstić information content (AvgIpc) is 4.14. The molecule has 0 aliphatic rings. The summed E-state index contributed by atoms with van der Waals surface area (Å²) in [5.41, 5.74) is 13.3. The average molecular weight is 923 g/mol. The zero-order valence-electron chi connectivity index (χ0n) is 38.0. The van der Waals surface area contributed by atoms with Gasteiger partial charge in [-0.15, -0.1) is 11.3 Å². The molecule has 0 saturated carbocycles. The first-order chi connectivity index (χ1) is 35.2. The Bertz CT molecular complexity index is 4630. The van der Waals surface area contributed by atoms with E-state index in [0.717, 1.165) is 130 Å². The quantitative estimate of drug-likeness (QED) is 0.156. The van der Waals surface area contributed by atoms with Crippen LogP contribution in [-0.2, 0) is 0 Å². The minimum atomic E-state index is 0.625. The molecule has 15 aromatic rings. The molecule has 6 nitrogen and oxygen atoms in total. The maximum atomic E-state index is 5.56. The molecule has 0 aliphatic carbocycles. The van der Waals surface area contributed by atoms with Crippen molar-refractivity contribution in [3.8, 4) is 56.0 Å². The highest BCUT2D eigenvalue weighted by atomic mass is 32.1. The van der Waals surface area contributed by atoms with Gasteiger partial charge in [-0.2, -0.15) is 0 Å². The van der Waals surface area contributed by atoms with Gasteiger partial charge >= 0.3 is 0 Å². The summed E-state index contributed by atoms with van der Waals surface area (Å²) in [4.78, 5) is 23.2. The first-order valence-corrected chi connectivity index (χ1v) is 24.7. The highest BCUT2D eigenvalue weighted by molar-refractivity contribution is 7.22. The van der Waals surface area contributed by atoms with Gasteiger partial charge in [-0.1, -0.05) is 200 Å². The van der Waals surface area contributed by atoms with Crippen molar-refractivity contribution in [3.63, 3.8) is 0 Å². The Labute approximate surface area is 411 Å². The van der Waals surface area contributed by atoms with Gasteiger partial charge in [0.15, 0.2) is 0 Å². The van der Waals surface area contributed by atoms with Crippen LogP contribution in [0.3, 0.4) is 0 Å². The van der Waals surface area contributed by atoms with Crippen LogP contribution in [-0.4, -0.2) is 29.1 Å². The molecule has 0 fully saturated rings. The third kappa shape index (κ3) is 6.13. The van der Waals surface area contributed by atoms with Gasteiger partial charge in [0.05, 0.1) is 49.2 Å². The molecule has 0 radical (unpaired) electrons. The molecule has 0 saturated heterocycles. The van der Waals surface area contributed by atoms with E-state index in [0.29, 0.717) is 11.9 Å². The maximum Gasteiger partial charge on any atom is 0.235 e. The molecule has 0 atom stereocenters. The van der Waals surface area contributed by atoms with E-state index in [4.69, 9.17) is 19.9 Å². The second-order valence-electron chi connectivity index (χ2n) is 18.2. The first kappa shape index (κ1) is 39.7. The fourth-order valence-corrected chi connectivity index (χ4v) is 12.1. The fraction of sp³-hybridized carbons (Fsp3) is 0. The van der Waals surface area contributed by atoms with Crippen LogP contribution in [0, 0.1) is 0 Å². The molecule has 71 heavy (non-hydrogen) atoms. The van der Waals surface area contributed by atoms with Crippen molar-refractivity contribution in [2.24, 2.45) is 0 Å². The number of nitrogens with zero attached hydrogens (tertiary/aromatic N) is 6. The van der Waals surface area contributed by atoms with Gasteiger partial charge in [0, 0.05) is 53.9 Å². The number of aromatic nitrogens is 6. The smallest absolute Gasteiger partial charge is 0.235 e. The van der Waals surface area contributed by atoms with Crippen LogP contribution in [0.5, 0.6) is 0 Å². The third-order valence-corrected chi connectivity index (χ3v) is 15.3. The number of thiophene rings is 1. The largest absolute Gasteiger partial charge is 0.277 e. The van der Waals surface area contributed by atoms with E-state index in [9.17, 15) is 0 Å². The highest BCUT2D eigenvalue weighted by Gasteiger charge is 2.24. The molecule has 0 spiro atoms. The van der Waals surface area contributed by atoms with Crippen LogP contribution in [0.2, 0.25) is 0 Å². The van der Waals surface area contributed by atoms with Crippen molar-refractivity contribution in [1.29, 1.82) is 0 Å². The SMILES string of the molecule is c1ccc(-c2cc3nc(-n4c5ccc(-c6cccc7c8ccccc8n(-c8nc(-c9ccccc9)c9c(ccc%10ccccc%109)n8)c67)cc5c5ccc6ccccc6c54)nc(-c4ccccc4)c3s2)cc1. The molecule has 0 amide bonds. The lowest BCUT2D eigenvalue weighted by Crippen LogP contribution is -2.04. The molecule has 15 rings (SSSR count). The van der Waals surface area contributed by atoms with Crippen molar-refractivity contribution >= 4 is 97.6 Å². The molecule has 5 aromatic heterocycles. The molecular weight excluding hydrogens is 885 g/mol. The minimum absolute atomic E-state index is 0.625. The zero-order chi connectivity index (χ0) is 46.6. The molecule has 0 aliphatic heterocycles. The summed E-state index contributed by atoms with van der Waals surface area (Å²) < 4.78 is 5.63. The van der Waals surface area contributed by atoms with Gasteiger partial charge < -0.3 is 0 Å². The lowest BCUT2D eigenvalue weighted by molar-refractivity contribution is 1.01. The summed E-state index contributed by atoms with van der Waals surface area (Å²) in [6.07, 6.45) is 0. The number of benzene rings is 10. The Kier molecular flexibility index (Phi) is 8.73. The van der Waals surface area contributed by atoms with E-state index in [1.807, 2.05) is 0 Å². The van der Waals surface area contributed by atoms with Crippen LogP contribution < -0.4 is 0 Å². The number of hydrogen-bond acceptors (Lipinski definition) is 5. The number of fused-ring (bicyclic) bond motifs is 12. The summed E-state index contributed by atoms with van der Waals surface area (Å²) in [6, 6.07) is 81.9. The van der Waals surface area contributed by atoms with Gasteiger partial charge in [0.25, 0.3) is 0 Å². The van der Waals surface area contributed by atoms with E-state index in [2.05, 4.69) is 240 Å². The normalized spacial score (nSPS) is 11.9. The number of hydrogen-bond donors (Lipinski definition) is 0. The van der Waals surface area contributed by atoms with E-state index in [-0.39, 0.29) is 0 Å². The predicted molar refractivity (Wildman–Crippen MR) is 296 cm³/mol. The number of para-hydroxylation sites is 2.